The van der Waals surface area contributed by atoms with Gasteiger partial charge in [0, 0.05) is 43.6 Å². The zero-order valence-corrected chi connectivity index (χ0v) is 12.8. The van der Waals surface area contributed by atoms with Crippen LogP contribution in [-0.4, -0.2) is 32.9 Å². The number of fused-ring (bicyclic) bond motifs is 1. The van der Waals surface area contributed by atoms with Crippen molar-refractivity contribution >= 4 is 0 Å². The van der Waals surface area contributed by atoms with E-state index in [4.69, 9.17) is 4.52 Å². The molecule has 1 aliphatic heterocycles. The number of likely N-dealkylation sites (tertiary alicyclic amines) is 1. The van der Waals surface area contributed by atoms with Crippen LogP contribution in [-0.2, 0) is 25.9 Å². The van der Waals surface area contributed by atoms with Gasteiger partial charge in [-0.1, -0.05) is 5.16 Å². The zero-order valence-electron chi connectivity index (χ0n) is 12.8. The number of aromatic nitrogens is 3. The molecule has 0 unspecified atom stereocenters. The van der Waals surface area contributed by atoms with E-state index in [0.717, 1.165) is 49.6 Å². The minimum atomic E-state index is -0.0154. The van der Waals surface area contributed by atoms with Gasteiger partial charge in [-0.05, 0) is 25.8 Å². The summed E-state index contributed by atoms with van der Waals surface area (Å²) in [5.74, 6) is 1.58. The van der Waals surface area contributed by atoms with E-state index >= 15 is 0 Å². The van der Waals surface area contributed by atoms with Crippen LogP contribution in [0.25, 0.3) is 0 Å². The summed E-state index contributed by atoms with van der Waals surface area (Å²) in [6.45, 7) is 5.46. The molecule has 0 spiro atoms. The van der Waals surface area contributed by atoms with Crippen molar-refractivity contribution in [3.8, 4) is 0 Å². The molecule has 3 heterocycles. The molecule has 0 atom stereocenters. The fraction of sp³-hybridized carbons (Fsp3) is 0.562. The Morgan fingerprint density at radius 1 is 1.32 bits per heavy atom. The number of rotatable bonds is 4. The minimum Gasteiger partial charge on any atom is -0.361 e. The van der Waals surface area contributed by atoms with Crippen LogP contribution < -0.4 is 5.56 Å². The van der Waals surface area contributed by atoms with E-state index in [0.29, 0.717) is 12.5 Å². The molecular formula is C16H20N4O2. The molecular weight excluding hydrogens is 280 g/mol. The second-order valence-electron chi connectivity index (χ2n) is 6.44. The summed E-state index contributed by atoms with van der Waals surface area (Å²) in [6, 6.07) is 3.36. The second-order valence-corrected chi connectivity index (χ2v) is 6.44. The Labute approximate surface area is 128 Å². The molecule has 1 fully saturated rings. The Balaban J connectivity index is 1.34. The van der Waals surface area contributed by atoms with Crippen LogP contribution in [0.1, 0.15) is 29.1 Å². The van der Waals surface area contributed by atoms with Crippen LogP contribution in [0.4, 0.5) is 0 Å². The van der Waals surface area contributed by atoms with Crippen molar-refractivity contribution in [2.24, 2.45) is 5.92 Å². The first kappa shape index (κ1) is 13.7. The molecule has 2 aromatic heterocycles. The second kappa shape index (κ2) is 5.35. The maximum atomic E-state index is 11.8. The lowest BCUT2D eigenvalue weighted by atomic mass is 9.99. The highest BCUT2D eigenvalue weighted by Crippen LogP contribution is 2.27. The first-order chi connectivity index (χ1) is 10.7. The van der Waals surface area contributed by atoms with Gasteiger partial charge in [0.05, 0.1) is 12.2 Å². The Morgan fingerprint density at radius 3 is 3.05 bits per heavy atom. The van der Waals surface area contributed by atoms with Crippen molar-refractivity contribution < 1.29 is 4.52 Å². The summed E-state index contributed by atoms with van der Waals surface area (Å²) < 4.78 is 6.98. The smallest absolute Gasteiger partial charge is 0.266 e. The molecule has 0 saturated carbocycles. The van der Waals surface area contributed by atoms with Gasteiger partial charge in [-0.3, -0.25) is 9.69 Å². The summed E-state index contributed by atoms with van der Waals surface area (Å²) >= 11 is 0. The SMILES string of the molecule is Cc1ccc(=O)n(CC2CN(Cc3noc4c3CCC4)C2)n1. The largest absolute Gasteiger partial charge is 0.361 e. The van der Waals surface area contributed by atoms with Gasteiger partial charge in [0.2, 0.25) is 0 Å². The van der Waals surface area contributed by atoms with Gasteiger partial charge < -0.3 is 4.52 Å². The van der Waals surface area contributed by atoms with E-state index in [-0.39, 0.29) is 5.56 Å². The molecule has 1 saturated heterocycles. The van der Waals surface area contributed by atoms with Crippen LogP contribution >= 0.6 is 0 Å². The average Bonchev–Trinajstić information content (AvgIpc) is 3.04. The molecule has 2 aromatic rings. The van der Waals surface area contributed by atoms with Gasteiger partial charge in [0.25, 0.3) is 5.56 Å². The van der Waals surface area contributed by atoms with E-state index in [9.17, 15) is 4.79 Å². The van der Waals surface area contributed by atoms with E-state index in [2.05, 4.69) is 15.2 Å². The van der Waals surface area contributed by atoms with Crippen LogP contribution in [0.15, 0.2) is 21.5 Å². The Morgan fingerprint density at radius 2 is 2.18 bits per heavy atom. The molecule has 1 aliphatic carbocycles. The van der Waals surface area contributed by atoms with Crippen LogP contribution in [0.3, 0.4) is 0 Å². The van der Waals surface area contributed by atoms with Crippen molar-refractivity contribution in [2.45, 2.75) is 39.3 Å². The molecule has 2 aliphatic rings. The highest BCUT2D eigenvalue weighted by atomic mass is 16.5. The normalized spacial score (nSPS) is 18.4. The molecule has 0 radical (unpaired) electrons. The van der Waals surface area contributed by atoms with E-state index in [1.165, 1.54) is 12.0 Å². The maximum absolute atomic E-state index is 11.8. The quantitative estimate of drug-likeness (QED) is 0.848. The van der Waals surface area contributed by atoms with Gasteiger partial charge >= 0.3 is 0 Å². The van der Waals surface area contributed by atoms with Crippen molar-refractivity contribution in [2.75, 3.05) is 13.1 Å². The highest BCUT2D eigenvalue weighted by molar-refractivity contribution is 5.27. The minimum absolute atomic E-state index is 0.0154. The summed E-state index contributed by atoms with van der Waals surface area (Å²) in [6.07, 6.45) is 3.33. The fourth-order valence-corrected chi connectivity index (χ4v) is 3.47. The summed E-state index contributed by atoms with van der Waals surface area (Å²) in [7, 11) is 0. The summed E-state index contributed by atoms with van der Waals surface area (Å²) in [5, 5.41) is 8.51. The van der Waals surface area contributed by atoms with Gasteiger partial charge in [-0.2, -0.15) is 5.10 Å². The lowest BCUT2D eigenvalue weighted by Gasteiger charge is -2.38. The molecule has 0 bridgehead atoms. The predicted octanol–water partition coefficient (Wildman–Crippen LogP) is 1.16. The lowest BCUT2D eigenvalue weighted by Crippen LogP contribution is -2.49. The standard InChI is InChI=1S/C16H20N4O2/c1-11-5-6-16(21)20(17-11)9-12-7-19(8-12)10-14-13-3-2-4-15(13)22-18-14/h5-6,12H,2-4,7-10H2,1H3. The average molecular weight is 300 g/mol. The summed E-state index contributed by atoms with van der Waals surface area (Å²) in [5.41, 5.74) is 3.31. The van der Waals surface area contributed by atoms with Crippen molar-refractivity contribution in [3.05, 3.63) is 45.2 Å². The Bertz CT molecular complexity index is 743. The van der Waals surface area contributed by atoms with E-state index < -0.39 is 0 Å². The third-order valence-corrected chi connectivity index (χ3v) is 4.62. The molecule has 0 aromatic carbocycles. The number of aryl methyl sites for hydroxylation is 2. The monoisotopic (exact) mass is 300 g/mol. The van der Waals surface area contributed by atoms with Crippen molar-refractivity contribution in [1.29, 1.82) is 0 Å². The highest BCUT2D eigenvalue weighted by Gasteiger charge is 2.30. The molecule has 0 amide bonds. The zero-order chi connectivity index (χ0) is 15.1. The predicted molar refractivity (Wildman–Crippen MR) is 80.5 cm³/mol. The first-order valence-corrected chi connectivity index (χ1v) is 7.92. The van der Waals surface area contributed by atoms with E-state index in [1.807, 2.05) is 6.92 Å². The molecule has 22 heavy (non-hydrogen) atoms. The third-order valence-electron chi connectivity index (χ3n) is 4.62. The van der Waals surface area contributed by atoms with Crippen molar-refractivity contribution in [1.82, 2.24) is 19.8 Å². The lowest BCUT2D eigenvalue weighted by molar-refractivity contribution is 0.0739. The van der Waals surface area contributed by atoms with E-state index in [1.54, 1.807) is 16.8 Å². The molecule has 6 nitrogen and oxygen atoms in total. The summed E-state index contributed by atoms with van der Waals surface area (Å²) in [4.78, 5) is 14.1. The fourth-order valence-electron chi connectivity index (χ4n) is 3.47. The van der Waals surface area contributed by atoms with Crippen LogP contribution in [0, 0.1) is 12.8 Å². The molecule has 0 N–H and O–H groups in total. The topological polar surface area (TPSA) is 64.2 Å². The molecule has 6 heteroatoms. The van der Waals surface area contributed by atoms with Gasteiger partial charge in [-0.25, -0.2) is 4.68 Å². The number of nitrogens with zero attached hydrogens (tertiary/aromatic N) is 4. The number of hydrogen-bond acceptors (Lipinski definition) is 5. The van der Waals surface area contributed by atoms with Gasteiger partial charge in [-0.15, -0.1) is 0 Å². The third kappa shape index (κ3) is 2.47. The molecule has 4 rings (SSSR count). The Hall–Kier alpha value is -1.95. The maximum Gasteiger partial charge on any atom is 0.266 e. The van der Waals surface area contributed by atoms with Gasteiger partial charge in [0.1, 0.15) is 11.5 Å². The Kier molecular flexibility index (Phi) is 3.33. The number of hydrogen-bond donors (Lipinski definition) is 0. The van der Waals surface area contributed by atoms with Crippen LogP contribution in [0.5, 0.6) is 0 Å². The first-order valence-electron chi connectivity index (χ1n) is 7.92. The van der Waals surface area contributed by atoms with Gasteiger partial charge in [0.15, 0.2) is 0 Å². The van der Waals surface area contributed by atoms with Crippen molar-refractivity contribution in [3.63, 3.8) is 0 Å². The van der Waals surface area contributed by atoms with Crippen LogP contribution in [0.2, 0.25) is 0 Å². The molecule has 116 valence electrons.